The molecule has 0 saturated carbocycles. The van der Waals surface area contributed by atoms with E-state index in [4.69, 9.17) is 5.73 Å². The first-order valence-corrected chi connectivity index (χ1v) is 7.35. The van der Waals surface area contributed by atoms with Crippen LogP contribution in [0.5, 0.6) is 0 Å². The van der Waals surface area contributed by atoms with Crippen molar-refractivity contribution in [3.8, 4) is 0 Å². The van der Waals surface area contributed by atoms with E-state index in [1.165, 1.54) is 28.6 Å². The average molecular weight is 285 g/mol. The van der Waals surface area contributed by atoms with E-state index in [1.54, 1.807) is 0 Å². The van der Waals surface area contributed by atoms with Crippen LogP contribution in [0.1, 0.15) is 12.8 Å². The quantitative estimate of drug-likeness (QED) is 0.650. The van der Waals surface area contributed by atoms with E-state index in [1.807, 2.05) is 0 Å². The van der Waals surface area contributed by atoms with Gasteiger partial charge < -0.3 is 5.73 Å². The van der Waals surface area contributed by atoms with E-state index in [0.29, 0.717) is 13.1 Å². The van der Waals surface area contributed by atoms with Gasteiger partial charge in [-0.05, 0) is 25.0 Å². The number of benzene rings is 1. The van der Waals surface area contributed by atoms with Crippen molar-refractivity contribution < 1.29 is 13.3 Å². The summed E-state index contributed by atoms with van der Waals surface area (Å²) in [5.41, 5.74) is 5.64. The largest absolute Gasteiger partial charge is 0.327 e. The molecule has 1 atom stereocenters. The van der Waals surface area contributed by atoms with Crippen LogP contribution in [0.3, 0.4) is 0 Å². The average Bonchev–Trinajstić information content (AvgIpc) is 2.39. The number of hydrogen-bond acceptors (Lipinski definition) is 5. The Bertz CT molecular complexity index is 570. The van der Waals surface area contributed by atoms with Crippen molar-refractivity contribution in [3.05, 3.63) is 34.4 Å². The highest BCUT2D eigenvalue weighted by atomic mass is 32.2. The number of hydrogen-bond donors (Lipinski definition) is 1. The minimum atomic E-state index is -3.61. The van der Waals surface area contributed by atoms with Crippen LogP contribution >= 0.6 is 0 Å². The van der Waals surface area contributed by atoms with Crippen LogP contribution in [-0.4, -0.2) is 36.8 Å². The number of sulfonamides is 1. The third kappa shape index (κ3) is 2.91. The normalized spacial score (nSPS) is 21.2. The Kier molecular flexibility index (Phi) is 3.83. The molecule has 0 spiro atoms. The van der Waals surface area contributed by atoms with Crippen molar-refractivity contribution in [2.75, 3.05) is 13.1 Å². The molecule has 104 valence electrons. The van der Waals surface area contributed by atoms with Crippen LogP contribution in [0.15, 0.2) is 29.2 Å². The van der Waals surface area contributed by atoms with Crippen molar-refractivity contribution in [1.29, 1.82) is 0 Å². The van der Waals surface area contributed by atoms with Gasteiger partial charge in [0.1, 0.15) is 0 Å². The molecule has 8 heteroatoms. The fraction of sp³-hybridized carbons (Fsp3) is 0.455. The third-order valence-corrected chi connectivity index (χ3v) is 4.99. The molecule has 19 heavy (non-hydrogen) atoms. The van der Waals surface area contributed by atoms with Crippen LogP contribution in [0.4, 0.5) is 5.69 Å². The number of rotatable bonds is 3. The molecule has 0 radical (unpaired) electrons. The molecule has 1 saturated heterocycles. The lowest BCUT2D eigenvalue weighted by atomic mass is 10.1. The fourth-order valence-corrected chi connectivity index (χ4v) is 3.62. The van der Waals surface area contributed by atoms with Crippen molar-refractivity contribution in [2.45, 2.75) is 23.8 Å². The Labute approximate surface area is 111 Å². The summed E-state index contributed by atoms with van der Waals surface area (Å²) >= 11 is 0. The summed E-state index contributed by atoms with van der Waals surface area (Å²) in [6, 6.07) is 4.75. The highest BCUT2D eigenvalue weighted by Crippen LogP contribution is 2.22. The van der Waals surface area contributed by atoms with E-state index >= 15 is 0 Å². The number of non-ortho nitro benzene ring substituents is 1. The van der Waals surface area contributed by atoms with E-state index in [9.17, 15) is 18.5 Å². The zero-order valence-electron chi connectivity index (χ0n) is 10.2. The van der Waals surface area contributed by atoms with Gasteiger partial charge in [-0.15, -0.1) is 0 Å². The summed E-state index contributed by atoms with van der Waals surface area (Å²) in [7, 11) is -3.61. The van der Waals surface area contributed by atoms with Crippen molar-refractivity contribution in [3.63, 3.8) is 0 Å². The number of nitro benzene ring substituents is 1. The van der Waals surface area contributed by atoms with Gasteiger partial charge in [0.25, 0.3) is 5.69 Å². The van der Waals surface area contributed by atoms with Crippen LogP contribution in [0.2, 0.25) is 0 Å². The van der Waals surface area contributed by atoms with Gasteiger partial charge in [0, 0.05) is 31.3 Å². The van der Waals surface area contributed by atoms with Gasteiger partial charge in [-0.2, -0.15) is 4.31 Å². The number of nitrogens with two attached hydrogens (primary N) is 1. The third-order valence-electron chi connectivity index (χ3n) is 3.11. The summed E-state index contributed by atoms with van der Waals surface area (Å²) < 4.78 is 26.0. The molecule has 0 amide bonds. The Morgan fingerprint density at radius 1 is 1.32 bits per heavy atom. The summed E-state index contributed by atoms with van der Waals surface area (Å²) in [5, 5.41) is 10.5. The Balaban J connectivity index is 2.26. The zero-order valence-corrected chi connectivity index (χ0v) is 11.0. The highest BCUT2D eigenvalue weighted by Gasteiger charge is 2.29. The van der Waals surface area contributed by atoms with Gasteiger partial charge in [-0.3, -0.25) is 10.1 Å². The summed E-state index contributed by atoms with van der Waals surface area (Å²) in [5.74, 6) is 0. The van der Waals surface area contributed by atoms with Crippen LogP contribution in [-0.2, 0) is 10.0 Å². The Morgan fingerprint density at radius 2 is 1.95 bits per heavy atom. The maximum atomic E-state index is 12.3. The molecule has 7 nitrogen and oxygen atoms in total. The first-order valence-electron chi connectivity index (χ1n) is 5.91. The number of nitrogens with zero attached hydrogens (tertiary/aromatic N) is 2. The van der Waals surface area contributed by atoms with Gasteiger partial charge >= 0.3 is 0 Å². The second-order valence-corrected chi connectivity index (χ2v) is 6.45. The summed E-state index contributed by atoms with van der Waals surface area (Å²) in [4.78, 5) is 10.0. The number of piperidine rings is 1. The molecule has 2 N–H and O–H groups in total. The minimum absolute atomic E-state index is 0.0622. The first-order chi connectivity index (χ1) is 8.91. The smallest absolute Gasteiger partial charge is 0.269 e. The van der Waals surface area contributed by atoms with Gasteiger partial charge in [0.2, 0.25) is 10.0 Å². The molecule has 1 fully saturated rings. The van der Waals surface area contributed by atoms with Crippen molar-refractivity contribution >= 4 is 15.7 Å². The SMILES string of the molecule is NC1CCCN(S(=O)(=O)c2ccc([N+](=O)[O-])cc2)C1. The van der Waals surface area contributed by atoms with Crippen LogP contribution in [0.25, 0.3) is 0 Å². The Hall–Kier alpha value is -1.51. The van der Waals surface area contributed by atoms with Crippen LogP contribution in [0, 0.1) is 10.1 Å². The van der Waals surface area contributed by atoms with E-state index < -0.39 is 14.9 Å². The molecule has 1 unspecified atom stereocenters. The predicted molar refractivity (Wildman–Crippen MR) is 69.1 cm³/mol. The molecule has 0 bridgehead atoms. The van der Waals surface area contributed by atoms with Gasteiger partial charge in [0.15, 0.2) is 0 Å². The highest BCUT2D eigenvalue weighted by molar-refractivity contribution is 7.89. The topological polar surface area (TPSA) is 107 Å². The van der Waals surface area contributed by atoms with Crippen molar-refractivity contribution in [1.82, 2.24) is 4.31 Å². The lowest BCUT2D eigenvalue weighted by molar-refractivity contribution is -0.384. The molecule has 0 aliphatic carbocycles. The van der Waals surface area contributed by atoms with Gasteiger partial charge in [0.05, 0.1) is 9.82 Å². The van der Waals surface area contributed by atoms with E-state index in [-0.39, 0.29) is 16.6 Å². The maximum Gasteiger partial charge on any atom is 0.269 e. The Morgan fingerprint density at radius 3 is 2.47 bits per heavy atom. The maximum absolute atomic E-state index is 12.3. The van der Waals surface area contributed by atoms with E-state index in [0.717, 1.165) is 12.8 Å². The number of nitro groups is 1. The molecule has 1 aromatic carbocycles. The molecule has 1 aliphatic rings. The molecule has 1 aliphatic heterocycles. The minimum Gasteiger partial charge on any atom is -0.327 e. The van der Waals surface area contributed by atoms with Gasteiger partial charge in [-0.25, -0.2) is 8.42 Å². The lowest BCUT2D eigenvalue weighted by Crippen LogP contribution is -2.45. The standard InChI is InChI=1S/C11H15N3O4S/c12-9-2-1-7-13(8-9)19(17,18)11-5-3-10(4-6-11)14(15)16/h3-6,9H,1-2,7-8,12H2. The summed E-state index contributed by atoms with van der Waals surface area (Å²) in [6.45, 7) is 0.729. The molecule has 1 heterocycles. The monoisotopic (exact) mass is 285 g/mol. The van der Waals surface area contributed by atoms with Gasteiger partial charge in [-0.1, -0.05) is 0 Å². The second-order valence-electron chi connectivity index (χ2n) is 4.52. The second kappa shape index (κ2) is 5.24. The molecule has 2 rings (SSSR count). The lowest BCUT2D eigenvalue weighted by Gasteiger charge is -2.29. The molecular weight excluding hydrogens is 270 g/mol. The predicted octanol–water partition coefficient (Wildman–Crippen LogP) is 0.707. The van der Waals surface area contributed by atoms with E-state index in [2.05, 4.69) is 0 Å². The fourth-order valence-electron chi connectivity index (χ4n) is 2.08. The molecule has 0 aromatic heterocycles. The first kappa shape index (κ1) is 13.9. The zero-order chi connectivity index (χ0) is 14.0. The molecular formula is C11H15N3O4S. The molecule has 1 aromatic rings. The summed E-state index contributed by atoms with van der Waals surface area (Å²) in [6.07, 6.45) is 1.54. The van der Waals surface area contributed by atoms with Crippen LogP contribution < -0.4 is 5.73 Å². The van der Waals surface area contributed by atoms with Crippen molar-refractivity contribution in [2.24, 2.45) is 5.73 Å².